The Balaban J connectivity index is 1.47. The Kier molecular flexibility index (Phi) is 4.76. The van der Waals surface area contributed by atoms with E-state index in [0.717, 1.165) is 23.4 Å². The maximum atomic E-state index is 12.4. The van der Waals surface area contributed by atoms with Crippen LogP contribution in [0.3, 0.4) is 0 Å². The first-order chi connectivity index (χ1) is 13.2. The summed E-state index contributed by atoms with van der Waals surface area (Å²) in [5.74, 6) is -0.334. The number of benzene rings is 2. The van der Waals surface area contributed by atoms with Crippen LogP contribution in [-0.4, -0.2) is 25.9 Å². The number of anilines is 1. The second kappa shape index (κ2) is 7.51. The van der Waals surface area contributed by atoms with Crippen LogP contribution in [0, 0.1) is 0 Å². The zero-order valence-electron chi connectivity index (χ0n) is 14.7. The molecule has 4 aromatic rings. The number of nitrogens with zero attached hydrogens (tertiary/aromatic N) is 4. The number of amides is 1. The fourth-order valence-corrected chi connectivity index (χ4v) is 3.33. The zero-order chi connectivity index (χ0) is 18.6. The van der Waals surface area contributed by atoms with Gasteiger partial charge in [0.15, 0.2) is 10.8 Å². The van der Waals surface area contributed by atoms with Gasteiger partial charge in [0.1, 0.15) is 0 Å². The molecule has 4 rings (SSSR count). The van der Waals surface area contributed by atoms with Crippen molar-refractivity contribution in [2.75, 3.05) is 5.32 Å². The highest BCUT2D eigenvalue weighted by atomic mass is 32.1. The van der Waals surface area contributed by atoms with E-state index in [-0.39, 0.29) is 11.6 Å². The topological polar surface area (TPSA) is 72.7 Å². The number of aryl methyl sites for hydroxylation is 1. The molecule has 0 spiro atoms. The molecule has 134 valence electrons. The van der Waals surface area contributed by atoms with Gasteiger partial charge in [0.25, 0.3) is 5.91 Å². The van der Waals surface area contributed by atoms with Crippen molar-refractivity contribution < 1.29 is 4.79 Å². The van der Waals surface area contributed by atoms with Gasteiger partial charge in [-0.2, -0.15) is 0 Å². The van der Waals surface area contributed by atoms with Crippen LogP contribution in [0.1, 0.15) is 23.0 Å². The minimum absolute atomic E-state index is 0.239. The second-order valence-corrected chi connectivity index (χ2v) is 6.78. The molecule has 0 aliphatic carbocycles. The maximum absolute atomic E-state index is 12.4. The van der Waals surface area contributed by atoms with Crippen LogP contribution < -0.4 is 5.32 Å². The molecule has 7 heteroatoms. The van der Waals surface area contributed by atoms with Gasteiger partial charge < -0.3 is 0 Å². The average Bonchev–Trinajstić information content (AvgIpc) is 3.39. The lowest BCUT2D eigenvalue weighted by Crippen LogP contribution is -2.12. The Bertz CT molecular complexity index is 1050. The van der Waals surface area contributed by atoms with Crippen LogP contribution in [0.15, 0.2) is 66.2 Å². The third kappa shape index (κ3) is 3.78. The highest BCUT2D eigenvalue weighted by Gasteiger charge is 2.14. The summed E-state index contributed by atoms with van der Waals surface area (Å²) in [5, 5.41) is 13.2. The summed E-state index contributed by atoms with van der Waals surface area (Å²) in [7, 11) is 0. The molecule has 0 radical (unpaired) electrons. The van der Waals surface area contributed by atoms with E-state index in [2.05, 4.69) is 39.7 Å². The maximum Gasteiger partial charge on any atom is 0.279 e. The van der Waals surface area contributed by atoms with Gasteiger partial charge in [0.05, 0.1) is 17.6 Å². The number of hydrogen-bond acceptors (Lipinski definition) is 5. The van der Waals surface area contributed by atoms with Crippen molar-refractivity contribution in [3.05, 3.63) is 77.4 Å². The Morgan fingerprint density at radius 1 is 1.11 bits per heavy atom. The van der Waals surface area contributed by atoms with Crippen molar-refractivity contribution in [1.29, 1.82) is 0 Å². The molecular formula is C20H17N5OS. The summed E-state index contributed by atoms with van der Waals surface area (Å²) in [5.41, 5.74) is 4.23. The van der Waals surface area contributed by atoms with Crippen LogP contribution in [0.25, 0.3) is 16.9 Å². The third-order valence-corrected chi connectivity index (χ3v) is 4.89. The number of hydrogen-bond donors (Lipinski definition) is 1. The summed E-state index contributed by atoms with van der Waals surface area (Å²) >= 11 is 1.38. The predicted molar refractivity (Wildman–Crippen MR) is 106 cm³/mol. The Labute approximate surface area is 160 Å². The van der Waals surface area contributed by atoms with Crippen molar-refractivity contribution in [1.82, 2.24) is 20.0 Å². The van der Waals surface area contributed by atoms with E-state index in [9.17, 15) is 4.79 Å². The summed E-state index contributed by atoms with van der Waals surface area (Å²) in [6.07, 6.45) is 2.60. The fourth-order valence-electron chi connectivity index (χ4n) is 2.61. The standard InChI is InChI=1S/C20H17N5OS/c1-2-14-8-10-15(11-9-14)18-13-27-20(21-18)22-19(26)17-12-25(24-23-17)16-6-4-3-5-7-16/h3-13H,2H2,1H3,(H,21,22,26). The molecule has 0 saturated heterocycles. The molecule has 1 amide bonds. The first-order valence-corrected chi connectivity index (χ1v) is 9.45. The molecule has 2 aromatic carbocycles. The molecule has 2 aromatic heterocycles. The predicted octanol–water partition coefficient (Wildman–Crippen LogP) is 4.21. The summed E-state index contributed by atoms with van der Waals surface area (Å²) in [4.78, 5) is 16.9. The number of thiazole rings is 1. The van der Waals surface area contributed by atoms with E-state index >= 15 is 0 Å². The minimum Gasteiger partial charge on any atom is -0.296 e. The molecule has 2 heterocycles. The van der Waals surface area contributed by atoms with Gasteiger partial charge >= 0.3 is 0 Å². The van der Waals surface area contributed by atoms with Gasteiger partial charge in [0.2, 0.25) is 0 Å². The lowest BCUT2D eigenvalue weighted by molar-refractivity contribution is 0.102. The molecule has 0 aliphatic rings. The lowest BCUT2D eigenvalue weighted by atomic mass is 10.1. The molecule has 0 fully saturated rings. The van der Waals surface area contributed by atoms with E-state index in [1.54, 1.807) is 10.9 Å². The number of nitrogens with one attached hydrogen (secondary N) is 1. The number of carbonyl (C=O) groups is 1. The van der Waals surface area contributed by atoms with Gasteiger partial charge in [-0.3, -0.25) is 10.1 Å². The number of carbonyl (C=O) groups excluding carboxylic acids is 1. The Hall–Kier alpha value is -3.32. The van der Waals surface area contributed by atoms with E-state index < -0.39 is 0 Å². The normalized spacial score (nSPS) is 10.7. The largest absolute Gasteiger partial charge is 0.296 e. The molecule has 0 saturated carbocycles. The monoisotopic (exact) mass is 375 g/mol. The van der Waals surface area contributed by atoms with Crippen LogP contribution >= 0.6 is 11.3 Å². The smallest absolute Gasteiger partial charge is 0.279 e. The highest BCUT2D eigenvalue weighted by molar-refractivity contribution is 7.14. The van der Waals surface area contributed by atoms with E-state index in [1.165, 1.54) is 16.9 Å². The van der Waals surface area contributed by atoms with Crippen LogP contribution in [0.2, 0.25) is 0 Å². The number of aromatic nitrogens is 4. The molecule has 0 unspecified atom stereocenters. The van der Waals surface area contributed by atoms with E-state index in [4.69, 9.17) is 0 Å². The first-order valence-electron chi connectivity index (χ1n) is 8.57. The van der Waals surface area contributed by atoms with Crippen molar-refractivity contribution in [3.63, 3.8) is 0 Å². The zero-order valence-corrected chi connectivity index (χ0v) is 15.5. The Morgan fingerprint density at radius 3 is 2.63 bits per heavy atom. The first kappa shape index (κ1) is 17.1. The van der Waals surface area contributed by atoms with Crippen LogP contribution in [0.5, 0.6) is 0 Å². The van der Waals surface area contributed by atoms with Gasteiger partial charge in [-0.1, -0.05) is 54.6 Å². The van der Waals surface area contributed by atoms with E-state index in [0.29, 0.717) is 5.13 Å². The average molecular weight is 375 g/mol. The van der Waals surface area contributed by atoms with Crippen molar-refractivity contribution >= 4 is 22.4 Å². The molecule has 6 nitrogen and oxygen atoms in total. The molecule has 0 atom stereocenters. The fraction of sp³-hybridized carbons (Fsp3) is 0.100. The third-order valence-electron chi connectivity index (χ3n) is 4.13. The second-order valence-electron chi connectivity index (χ2n) is 5.93. The van der Waals surface area contributed by atoms with Gasteiger partial charge in [-0.15, -0.1) is 16.4 Å². The molecule has 27 heavy (non-hydrogen) atoms. The van der Waals surface area contributed by atoms with Gasteiger partial charge in [-0.05, 0) is 24.1 Å². The van der Waals surface area contributed by atoms with Crippen molar-refractivity contribution in [2.45, 2.75) is 13.3 Å². The summed E-state index contributed by atoms with van der Waals surface area (Å²) in [6.45, 7) is 2.12. The molecular weight excluding hydrogens is 358 g/mol. The SMILES string of the molecule is CCc1ccc(-c2csc(NC(=O)c3cn(-c4ccccc4)nn3)n2)cc1. The van der Waals surface area contributed by atoms with E-state index in [1.807, 2.05) is 47.8 Å². The summed E-state index contributed by atoms with van der Waals surface area (Å²) < 4.78 is 1.57. The highest BCUT2D eigenvalue weighted by Crippen LogP contribution is 2.25. The van der Waals surface area contributed by atoms with Crippen LogP contribution in [-0.2, 0) is 6.42 Å². The van der Waals surface area contributed by atoms with Crippen molar-refractivity contribution in [2.24, 2.45) is 0 Å². The minimum atomic E-state index is -0.334. The van der Waals surface area contributed by atoms with Gasteiger partial charge in [-0.25, -0.2) is 9.67 Å². The van der Waals surface area contributed by atoms with Crippen molar-refractivity contribution in [3.8, 4) is 16.9 Å². The van der Waals surface area contributed by atoms with Crippen LogP contribution in [0.4, 0.5) is 5.13 Å². The molecule has 0 aliphatic heterocycles. The Morgan fingerprint density at radius 2 is 1.89 bits per heavy atom. The molecule has 1 N–H and O–H groups in total. The van der Waals surface area contributed by atoms with Gasteiger partial charge in [0, 0.05) is 10.9 Å². The number of para-hydroxylation sites is 1. The molecule has 0 bridgehead atoms. The number of rotatable bonds is 5. The quantitative estimate of drug-likeness (QED) is 0.567. The summed E-state index contributed by atoms with van der Waals surface area (Å²) in [6, 6.07) is 17.8. The lowest BCUT2D eigenvalue weighted by Gasteiger charge is -2.00.